The third-order valence-corrected chi connectivity index (χ3v) is 5.23. The van der Waals surface area contributed by atoms with Gasteiger partial charge in [-0.3, -0.25) is 4.79 Å². The molecule has 5 nitrogen and oxygen atoms in total. The molecule has 2 aliphatic rings. The molecule has 1 aromatic heterocycles. The van der Waals surface area contributed by atoms with Gasteiger partial charge in [0.05, 0.1) is 13.2 Å². The minimum atomic E-state index is -0.147. The van der Waals surface area contributed by atoms with Crippen molar-refractivity contribution >= 4 is 17.7 Å². The average Bonchev–Trinajstić information content (AvgIpc) is 3.20. The van der Waals surface area contributed by atoms with Gasteiger partial charge in [0.1, 0.15) is 11.1 Å². The number of nitrogens with zero attached hydrogens (tertiary/aromatic N) is 3. The highest BCUT2D eigenvalue weighted by atomic mass is 32.2. The maximum Gasteiger partial charge on any atom is 0.319 e. The highest BCUT2D eigenvalue weighted by molar-refractivity contribution is 8.00. The van der Waals surface area contributed by atoms with Gasteiger partial charge in [0, 0.05) is 12.3 Å². The van der Waals surface area contributed by atoms with Gasteiger partial charge >= 0.3 is 5.97 Å². The van der Waals surface area contributed by atoms with Crippen molar-refractivity contribution in [2.45, 2.75) is 42.1 Å². The van der Waals surface area contributed by atoms with Crippen LogP contribution in [0.2, 0.25) is 0 Å². The number of thioether (sulfide) groups is 1. The molecule has 2 aromatic rings. The lowest BCUT2D eigenvalue weighted by molar-refractivity contribution is -0.137. The van der Waals surface area contributed by atoms with Crippen LogP contribution in [-0.4, -0.2) is 32.6 Å². The van der Waals surface area contributed by atoms with Gasteiger partial charge in [0.2, 0.25) is 0 Å². The third kappa shape index (κ3) is 2.75. The van der Waals surface area contributed by atoms with Crippen molar-refractivity contribution in [3.63, 3.8) is 0 Å². The number of hydrogen-bond donors (Lipinski definition) is 0. The molecule has 1 aliphatic heterocycles. The second kappa shape index (κ2) is 5.76. The summed E-state index contributed by atoms with van der Waals surface area (Å²) in [4.78, 5) is 11.7. The van der Waals surface area contributed by atoms with Crippen LogP contribution in [0.5, 0.6) is 0 Å². The van der Waals surface area contributed by atoms with Crippen LogP contribution in [0.15, 0.2) is 35.5 Å². The van der Waals surface area contributed by atoms with E-state index in [-0.39, 0.29) is 11.2 Å². The Morgan fingerprint density at radius 3 is 2.68 bits per heavy atom. The van der Waals surface area contributed by atoms with E-state index < -0.39 is 0 Å². The lowest BCUT2D eigenvalue weighted by atomic mass is 10.2. The van der Waals surface area contributed by atoms with Gasteiger partial charge < -0.3 is 9.30 Å². The minimum absolute atomic E-state index is 0.132. The zero-order valence-corrected chi connectivity index (χ0v) is 13.0. The largest absolute Gasteiger partial charge is 0.465 e. The Balaban J connectivity index is 1.61. The van der Waals surface area contributed by atoms with Gasteiger partial charge in [-0.25, -0.2) is 0 Å². The lowest BCUT2D eigenvalue weighted by Crippen LogP contribution is -2.12. The van der Waals surface area contributed by atoms with Crippen LogP contribution in [0.4, 0.5) is 0 Å². The maximum absolute atomic E-state index is 11.7. The molecule has 2 fully saturated rings. The number of hydrogen-bond acceptors (Lipinski definition) is 5. The Kier molecular flexibility index (Phi) is 3.62. The first-order valence-electron chi connectivity index (χ1n) is 7.61. The molecule has 1 saturated carbocycles. The van der Waals surface area contributed by atoms with Crippen molar-refractivity contribution in [2.24, 2.45) is 0 Å². The number of benzene rings is 1. The molecule has 1 atom stereocenters. The van der Waals surface area contributed by atoms with Crippen molar-refractivity contribution in [3.05, 3.63) is 41.7 Å². The fraction of sp³-hybridized carbons (Fsp3) is 0.438. The van der Waals surface area contributed by atoms with Crippen LogP contribution in [0, 0.1) is 0 Å². The van der Waals surface area contributed by atoms with E-state index in [1.54, 1.807) is 0 Å². The minimum Gasteiger partial charge on any atom is -0.465 e. The van der Waals surface area contributed by atoms with E-state index in [0.717, 1.165) is 23.9 Å². The summed E-state index contributed by atoms with van der Waals surface area (Å²) in [6.45, 7) is 1.27. The number of carbonyl (C=O) groups excluding carboxylic acids is 1. The van der Waals surface area contributed by atoms with Gasteiger partial charge in [0.25, 0.3) is 0 Å². The van der Waals surface area contributed by atoms with Crippen LogP contribution in [0.25, 0.3) is 0 Å². The Labute approximate surface area is 133 Å². The number of cyclic esters (lactones) is 1. The summed E-state index contributed by atoms with van der Waals surface area (Å²) in [5.74, 6) is 1.45. The van der Waals surface area contributed by atoms with Crippen molar-refractivity contribution in [1.29, 1.82) is 0 Å². The number of esters is 1. The molecule has 0 amide bonds. The fourth-order valence-corrected chi connectivity index (χ4v) is 3.66. The van der Waals surface area contributed by atoms with Gasteiger partial charge in [-0.2, -0.15) is 0 Å². The van der Waals surface area contributed by atoms with E-state index in [4.69, 9.17) is 4.74 Å². The Hall–Kier alpha value is -1.82. The first kappa shape index (κ1) is 13.8. The van der Waals surface area contributed by atoms with Crippen LogP contribution >= 0.6 is 11.8 Å². The lowest BCUT2D eigenvalue weighted by Gasteiger charge is -2.11. The van der Waals surface area contributed by atoms with Crippen LogP contribution in [0.1, 0.15) is 36.6 Å². The first-order valence-corrected chi connectivity index (χ1v) is 8.49. The van der Waals surface area contributed by atoms with Crippen LogP contribution in [-0.2, 0) is 16.1 Å². The molecule has 1 unspecified atom stereocenters. The smallest absolute Gasteiger partial charge is 0.319 e. The second-order valence-electron chi connectivity index (χ2n) is 5.75. The Morgan fingerprint density at radius 2 is 2.00 bits per heavy atom. The zero-order valence-electron chi connectivity index (χ0n) is 12.1. The maximum atomic E-state index is 11.7. The zero-order chi connectivity index (χ0) is 14.9. The summed E-state index contributed by atoms with van der Waals surface area (Å²) in [5, 5.41) is 9.40. The Bertz CT molecular complexity index is 682. The summed E-state index contributed by atoms with van der Waals surface area (Å²) >= 11 is 1.49. The summed E-state index contributed by atoms with van der Waals surface area (Å²) in [6.07, 6.45) is 3.12. The van der Waals surface area contributed by atoms with Gasteiger partial charge in [-0.15, -0.1) is 10.2 Å². The molecule has 1 saturated heterocycles. The summed E-state index contributed by atoms with van der Waals surface area (Å²) < 4.78 is 7.22. The molecular formula is C16H17N3O2S. The molecular weight excluding hydrogens is 298 g/mol. The van der Waals surface area contributed by atoms with Crippen molar-refractivity contribution in [1.82, 2.24) is 14.8 Å². The van der Waals surface area contributed by atoms with Crippen molar-refractivity contribution < 1.29 is 9.53 Å². The van der Waals surface area contributed by atoms with E-state index in [1.807, 2.05) is 18.2 Å². The molecule has 0 N–H and O–H groups in total. The van der Waals surface area contributed by atoms with Crippen LogP contribution in [0.3, 0.4) is 0 Å². The molecule has 0 bridgehead atoms. The molecule has 1 aromatic carbocycles. The van der Waals surface area contributed by atoms with E-state index in [1.165, 1.54) is 30.2 Å². The van der Waals surface area contributed by atoms with Gasteiger partial charge in [-0.05, 0) is 18.4 Å². The Morgan fingerprint density at radius 1 is 1.18 bits per heavy atom. The molecule has 0 radical (unpaired) electrons. The van der Waals surface area contributed by atoms with E-state index >= 15 is 0 Å². The fourth-order valence-electron chi connectivity index (χ4n) is 2.66. The standard InChI is InChI=1S/C16H17N3O2S/c20-15-13(8-9-21-15)22-16-18-17-14(12-6-7-12)19(16)10-11-4-2-1-3-5-11/h1-5,12-13H,6-10H2. The molecule has 2 heterocycles. The molecule has 1 aliphatic carbocycles. The normalized spacial score (nSPS) is 21.1. The summed E-state index contributed by atoms with van der Waals surface area (Å²) in [7, 11) is 0. The topological polar surface area (TPSA) is 57.0 Å². The highest BCUT2D eigenvalue weighted by Gasteiger charge is 2.33. The quantitative estimate of drug-likeness (QED) is 0.794. The predicted molar refractivity (Wildman–Crippen MR) is 82.8 cm³/mol. The predicted octanol–water partition coefficient (Wildman–Crippen LogP) is 2.61. The summed E-state index contributed by atoms with van der Waals surface area (Å²) in [5.41, 5.74) is 1.22. The number of rotatable bonds is 5. The van der Waals surface area contributed by atoms with Crippen LogP contribution < -0.4 is 0 Å². The monoisotopic (exact) mass is 315 g/mol. The molecule has 0 spiro atoms. The number of ether oxygens (including phenoxy) is 1. The van der Waals surface area contributed by atoms with Crippen molar-refractivity contribution in [3.8, 4) is 0 Å². The molecule has 6 heteroatoms. The first-order chi connectivity index (χ1) is 10.8. The van der Waals surface area contributed by atoms with Gasteiger partial charge in [-0.1, -0.05) is 42.1 Å². The van der Waals surface area contributed by atoms with E-state index in [9.17, 15) is 4.79 Å². The van der Waals surface area contributed by atoms with Crippen molar-refractivity contribution in [2.75, 3.05) is 6.61 Å². The van der Waals surface area contributed by atoms with E-state index in [2.05, 4.69) is 26.9 Å². The molecule has 114 valence electrons. The number of carbonyl (C=O) groups is 1. The third-order valence-electron chi connectivity index (χ3n) is 4.01. The highest BCUT2D eigenvalue weighted by Crippen LogP contribution is 2.41. The summed E-state index contributed by atoms with van der Waals surface area (Å²) in [6, 6.07) is 10.3. The second-order valence-corrected chi connectivity index (χ2v) is 6.92. The SMILES string of the molecule is O=C1OCCC1Sc1nnc(C2CC2)n1Cc1ccccc1. The molecule has 22 heavy (non-hydrogen) atoms. The molecule has 4 rings (SSSR count). The van der Waals surface area contributed by atoms with E-state index in [0.29, 0.717) is 12.5 Å². The average molecular weight is 315 g/mol. The number of aromatic nitrogens is 3. The van der Waals surface area contributed by atoms with Gasteiger partial charge in [0.15, 0.2) is 5.16 Å².